The Morgan fingerprint density at radius 2 is 1.96 bits per heavy atom. The van der Waals surface area contributed by atoms with E-state index in [1.165, 1.54) is 11.8 Å². The lowest BCUT2D eigenvalue weighted by atomic mass is 9.96. The molecule has 1 aromatic heterocycles. The van der Waals surface area contributed by atoms with Crippen molar-refractivity contribution in [2.75, 3.05) is 19.7 Å². The maximum Gasteiger partial charge on any atom is 0.339 e. The van der Waals surface area contributed by atoms with E-state index in [4.69, 9.17) is 4.74 Å². The fourth-order valence-corrected chi connectivity index (χ4v) is 4.10. The van der Waals surface area contributed by atoms with Crippen LogP contribution in [0, 0.1) is 6.92 Å². The fourth-order valence-electron chi connectivity index (χ4n) is 4.10. The van der Waals surface area contributed by atoms with Crippen molar-refractivity contribution in [2.24, 2.45) is 0 Å². The summed E-state index contributed by atoms with van der Waals surface area (Å²) in [6.07, 6.45) is 3.23. The molecule has 3 heterocycles. The summed E-state index contributed by atoms with van der Waals surface area (Å²) >= 11 is 0. The molecule has 2 aliphatic heterocycles. The van der Waals surface area contributed by atoms with E-state index in [1.807, 2.05) is 23.1 Å². The number of fused-ring (bicyclic) bond motifs is 1. The maximum absolute atomic E-state index is 13.0. The highest BCUT2D eigenvalue weighted by Crippen LogP contribution is 2.31. The first-order chi connectivity index (χ1) is 13.1. The molecular formula is C20H23N3O4. The number of piperidine rings is 1. The number of ether oxygens (including phenoxy) is 1. The number of likely N-dealkylation sites (tertiary alicyclic amines) is 1. The molecule has 1 atom stereocenters. The molecule has 1 fully saturated rings. The third-order valence-corrected chi connectivity index (χ3v) is 5.61. The van der Waals surface area contributed by atoms with Crippen LogP contribution < -0.4 is 0 Å². The van der Waals surface area contributed by atoms with Crippen LogP contribution in [-0.4, -0.2) is 51.4 Å². The molecule has 1 saturated heterocycles. The summed E-state index contributed by atoms with van der Waals surface area (Å²) in [5, 5.41) is 13.5. The van der Waals surface area contributed by atoms with Crippen molar-refractivity contribution in [2.45, 2.75) is 38.3 Å². The van der Waals surface area contributed by atoms with Gasteiger partial charge in [-0.05, 0) is 37.3 Å². The lowest BCUT2D eigenvalue weighted by molar-refractivity contribution is -0.146. The summed E-state index contributed by atoms with van der Waals surface area (Å²) in [6, 6.07) is 8.09. The Bertz CT molecular complexity index is 868. The number of hydrogen-bond donors (Lipinski definition) is 1. The highest BCUT2D eigenvalue weighted by molar-refractivity contribution is 5.88. The van der Waals surface area contributed by atoms with E-state index in [9.17, 15) is 14.7 Å². The number of nitrogens with zero attached hydrogens (tertiary/aromatic N) is 3. The molecule has 27 heavy (non-hydrogen) atoms. The van der Waals surface area contributed by atoms with Gasteiger partial charge < -0.3 is 14.7 Å². The molecule has 142 valence electrons. The number of carboxylic acid groups (broad SMARTS) is 1. The third kappa shape index (κ3) is 3.23. The minimum absolute atomic E-state index is 0.0176. The van der Waals surface area contributed by atoms with E-state index in [0.29, 0.717) is 25.4 Å². The zero-order chi connectivity index (χ0) is 19.0. The highest BCUT2D eigenvalue weighted by Gasteiger charge is 2.33. The van der Waals surface area contributed by atoms with Crippen molar-refractivity contribution in [1.29, 1.82) is 0 Å². The first-order valence-electron chi connectivity index (χ1n) is 9.32. The third-order valence-electron chi connectivity index (χ3n) is 5.61. The Hall–Kier alpha value is -2.67. The molecule has 2 aromatic rings. The minimum Gasteiger partial charge on any atom is -0.478 e. The van der Waals surface area contributed by atoms with Gasteiger partial charge in [0.15, 0.2) is 6.10 Å². The SMILES string of the molecule is Cc1c(C(=O)O)cnn1C1CCN(C(=O)C2OCCc3ccccc32)CC1. The van der Waals surface area contributed by atoms with Crippen LogP contribution >= 0.6 is 0 Å². The lowest BCUT2D eigenvalue weighted by Crippen LogP contribution is -2.43. The molecular weight excluding hydrogens is 346 g/mol. The van der Waals surface area contributed by atoms with Gasteiger partial charge in [0.25, 0.3) is 5.91 Å². The van der Waals surface area contributed by atoms with Gasteiger partial charge in [0.05, 0.1) is 24.5 Å². The van der Waals surface area contributed by atoms with Crippen LogP contribution in [0.4, 0.5) is 0 Å². The zero-order valence-electron chi connectivity index (χ0n) is 15.3. The monoisotopic (exact) mass is 369 g/mol. The summed E-state index contributed by atoms with van der Waals surface area (Å²) < 4.78 is 7.60. The van der Waals surface area contributed by atoms with Crippen LogP contribution in [-0.2, 0) is 16.0 Å². The van der Waals surface area contributed by atoms with E-state index in [1.54, 1.807) is 11.6 Å². The van der Waals surface area contributed by atoms with Crippen LogP contribution in [0.15, 0.2) is 30.5 Å². The van der Waals surface area contributed by atoms with E-state index < -0.39 is 12.1 Å². The number of benzene rings is 1. The smallest absolute Gasteiger partial charge is 0.339 e. The topological polar surface area (TPSA) is 84.7 Å². The summed E-state index contributed by atoms with van der Waals surface area (Å²) in [7, 11) is 0. The van der Waals surface area contributed by atoms with Crippen LogP contribution in [0.25, 0.3) is 0 Å². The Balaban J connectivity index is 1.44. The normalized spacial score (nSPS) is 20.3. The van der Waals surface area contributed by atoms with Crippen LogP contribution in [0.2, 0.25) is 0 Å². The van der Waals surface area contributed by atoms with Gasteiger partial charge in [-0.15, -0.1) is 0 Å². The quantitative estimate of drug-likeness (QED) is 0.898. The van der Waals surface area contributed by atoms with Crippen molar-refractivity contribution in [1.82, 2.24) is 14.7 Å². The summed E-state index contributed by atoms with van der Waals surface area (Å²) in [5.74, 6) is -0.941. The second-order valence-electron chi connectivity index (χ2n) is 7.15. The van der Waals surface area contributed by atoms with Gasteiger partial charge >= 0.3 is 5.97 Å². The molecule has 7 heteroatoms. The second-order valence-corrected chi connectivity index (χ2v) is 7.15. The van der Waals surface area contributed by atoms with Crippen LogP contribution in [0.3, 0.4) is 0 Å². The highest BCUT2D eigenvalue weighted by atomic mass is 16.5. The summed E-state index contributed by atoms with van der Waals surface area (Å²) in [4.78, 5) is 26.1. The van der Waals surface area contributed by atoms with Gasteiger partial charge in [-0.1, -0.05) is 24.3 Å². The molecule has 0 bridgehead atoms. The average molecular weight is 369 g/mol. The van der Waals surface area contributed by atoms with Crippen molar-refractivity contribution in [3.05, 3.63) is 52.8 Å². The fraction of sp³-hybridized carbons (Fsp3) is 0.450. The molecule has 0 saturated carbocycles. The number of hydrogen-bond acceptors (Lipinski definition) is 4. The van der Waals surface area contributed by atoms with Gasteiger partial charge in [-0.2, -0.15) is 5.10 Å². The number of amides is 1. The molecule has 1 N–H and O–H groups in total. The second kappa shape index (κ2) is 7.15. The van der Waals surface area contributed by atoms with E-state index >= 15 is 0 Å². The Kier molecular flexibility index (Phi) is 4.70. The van der Waals surface area contributed by atoms with Crippen molar-refractivity contribution in [3.63, 3.8) is 0 Å². The molecule has 0 spiro atoms. The predicted octanol–water partition coefficient (Wildman–Crippen LogP) is 2.37. The van der Waals surface area contributed by atoms with Gasteiger partial charge in [0.2, 0.25) is 0 Å². The van der Waals surface area contributed by atoms with Crippen LogP contribution in [0.1, 0.15) is 52.2 Å². The predicted molar refractivity (Wildman–Crippen MR) is 97.6 cm³/mol. The number of carbonyl (C=O) groups excluding carboxylic acids is 1. The Morgan fingerprint density at radius 1 is 1.22 bits per heavy atom. The molecule has 1 aromatic carbocycles. The van der Waals surface area contributed by atoms with E-state index in [2.05, 4.69) is 11.2 Å². The largest absolute Gasteiger partial charge is 0.478 e. The van der Waals surface area contributed by atoms with E-state index in [-0.39, 0.29) is 17.5 Å². The maximum atomic E-state index is 13.0. The number of rotatable bonds is 3. The molecule has 0 aliphatic carbocycles. The first-order valence-corrected chi connectivity index (χ1v) is 9.32. The van der Waals surface area contributed by atoms with Gasteiger partial charge in [-0.25, -0.2) is 4.79 Å². The minimum atomic E-state index is -0.959. The molecule has 4 rings (SSSR count). The van der Waals surface area contributed by atoms with Gasteiger partial charge in [-0.3, -0.25) is 9.48 Å². The van der Waals surface area contributed by atoms with Crippen LogP contribution in [0.5, 0.6) is 0 Å². The molecule has 1 unspecified atom stereocenters. The summed E-state index contributed by atoms with van der Waals surface area (Å²) in [5.41, 5.74) is 3.06. The first kappa shape index (κ1) is 17.7. The van der Waals surface area contributed by atoms with Crippen molar-refractivity contribution in [3.8, 4) is 0 Å². The van der Waals surface area contributed by atoms with Crippen molar-refractivity contribution < 1.29 is 19.4 Å². The zero-order valence-corrected chi connectivity index (χ0v) is 15.3. The Morgan fingerprint density at radius 3 is 2.67 bits per heavy atom. The standard InChI is InChI=1S/C20H23N3O4/c1-13-17(20(25)26)12-21-23(13)15-6-9-22(10-7-15)19(24)18-16-5-3-2-4-14(16)8-11-27-18/h2-5,12,15,18H,6-11H2,1H3,(H,25,26). The number of carbonyl (C=O) groups is 2. The van der Waals surface area contributed by atoms with Gasteiger partial charge in [0.1, 0.15) is 5.56 Å². The van der Waals surface area contributed by atoms with Gasteiger partial charge in [0, 0.05) is 13.1 Å². The lowest BCUT2D eigenvalue weighted by Gasteiger charge is -2.36. The number of carboxylic acids is 1. The average Bonchev–Trinajstić information content (AvgIpc) is 3.09. The summed E-state index contributed by atoms with van der Waals surface area (Å²) in [6.45, 7) is 3.58. The molecule has 1 amide bonds. The van der Waals surface area contributed by atoms with Crippen molar-refractivity contribution >= 4 is 11.9 Å². The Labute approximate surface area is 157 Å². The molecule has 0 radical (unpaired) electrons. The number of aromatic nitrogens is 2. The molecule has 2 aliphatic rings. The van der Waals surface area contributed by atoms with E-state index in [0.717, 1.165) is 24.8 Å². The number of aromatic carboxylic acids is 1. The molecule has 7 nitrogen and oxygen atoms in total.